The summed E-state index contributed by atoms with van der Waals surface area (Å²) >= 11 is 4.34. The van der Waals surface area contributed by atoms with Crippen LogP contribution in [0.3, 0.4) is 0 Å². The Labute approximate surface area is 98.9 Å². The molecule has 84 valence electrons. The maximum absolute atomic E-state index is 4.34. The highest BCUT2D eigenvalue weighted by molar-refractivity contribution is 7.80. The number of rotatable bonds is 5. The van der Waals surface area contributed by atoms with Crippen LogP contribution in [0.4, 0.5) is 5.69 Å². The van der Waals surface area contributed by atoms with Gasteiger partial charge in [0.25, 0.3) is 0 Å². The fourth-order valence-electron chi connectivity index (χ4n) is 1.75. The maximum atomic E-state index is 4.34. The summed E-state index contributed by atoms with van der Waals surface area (Å²) in [6, 6.07) is 8.57. The topological polar surface area (TPSA) is 3.24 Å². The van der Waals surface area contributed by atoms with Crippen molar-refractivity contribution in [2.24, 2.45) is 5.92 Å². The van der Waals surface area contributed by atoms with E-state index < -0.39 is 0 Å². The first-order valence-corrected chi connectivity index (χ1v) is 6.23. The quantitative estimate of drug-likeness (QED) is 0.749. The highest BCUT2D eigenvalue weighted by Crippen LogP contribution is 2.20. The predicted octanol–water partition coefficient (Wildman–Crippen LogP) is 3.39. The number of hydrogen-bond donors (Lipinski definition) is 1. The summed E-state index contributed by atoms with van der Waals surface area (Å²) in [5.41, 5.74) is 2.71. The Kier molecular flexibility index (Phi) is 5.03. The molecule has 0 aromatic heterocycles. The van der Waals surface area contributed by atoms with Gasteiger partial charge in [0, 0.05) is 18.8 Å². The summed E-state index contributed by atoms with van der Waals surface area (Å²) in [7, 11) is 0. The Balaban J connectivity index is 2.78. The minimum absolute atomic E-state index is 0.632. The molecular weight excluding hydrogens is 202 g/mol. The molecular formula is C13H21NS. The van der Waals surface area contributed by atoms with Crippen molar-refractivity contribution < 1.29 is 0 Å². The van der Waals surface area contributed by atoms with Crippen LogP contribution in [0.2, 0.25) is 0 Å². The molecule has 0 fully saturated rings. The zero-order valence-electron chi connectivity index (χ0n) is 9.90. The van der Waals surface area contributed by atoms with Crippen molar-refractivity contribution in [3.05, 3.63) is 29.8 Å². The molecule has 0 heterocycles. The van der Waals surface area contributed by atoms with E-state index in [9.17, 15) is 0 Å². The molecule has 1 atom stereocenters. The second-order valence-corrected chi connectivity index (χ2v) is 4.48. The Bertz CT molecular complexity index is 298. The van der Waals surface area contributed by atoms with Gasteiger partial charge in [-0.25, -0.2) is 0 Å². The van der Waals surface area contributed by atoms with Crippen LogP contribution in [0.25, 0.3) is 0 Å². The van der Waals surface area contributed by atoms with Crippen molar-refractivity contribution in [1.82, 2.24) is 0 Å². The van der Waals surface area contributed by atoms with Gasteiger partial charge < -0.3 is 4.90 Å². The van der Waals surface area contributed by atoms with Crippen LogP contribution in [0.15, 0.2) is 24.3 Å². The average molecular weight is 223 g/mol. The smallest absolute Gasteiger partial charge is 0.0395 e. The number of para-hydroxylation sites is 1. The molecule has 0 spiro atoms. The first-order chi connectivity index (χ1) is 7.19. The van der Waals surface area contributed by atoms with E-state index in [4.69, 9.17) is 0 Å². The first-order valence-electron chi connectivity index (χ1n) is 5.60. The third kappa shape index (κ3) is 3.45. The minimum Gasteiger partial charge on any atom is -0.371 e. The SMILES string of the molecule is CCN(CC(C)CS)c1ccccc1C. The van der Waals surface area contributed by atoms with Crippen molar-refractivity contribution in [2.75, 3.05) is 23.7 Å². The fourth-order valence-corrected chi connectivity index (χ4v) is 1.87. The van der Waals surface area contributed by atoms with Crippen LogP contribution in [-0.4, -0.2) is 18.8 Å². The van der Waals surface area contributed by atoms with E-state index in [-0.39, 0.29) is 0 Å². The molecule has 0 bridgehead atoms. The lowest BCUT2D eigenvalue weighted by Crippen LogP contribution is -2.29. The zero-order chi connectivity index (χ0) is 11.3. The van der Waals surface area contributed by atoms with E-state index in [1.807, 2.05) is 0 Å². The summed E-state index contributed by atoms with van der Waals surface area (Å²) in [4.78, 5) is 2.43. The van der Waals surface area contributed by atoms with E-state index >= 15 is 0 Å². The molecule has 0 N–H and O–H groups in total. The molecule has 1 unspecified atom stereocenters. The molecule has 1 nitrogen and oxygen atoms in total. The van der Waals surface area contributed by atoms with E-state index in [0.717, 1.165) is 18.8 Å². The van der Waals surface area contributed by atoms with Crippen LogP contribution in [0, 0.1) is 12.8 Å². The molecule has 0 aliphatic heterocycles. The molecule has 0 saturated heterocycles. The van der Waals surface area contributed by atoms with Crippen molar-refractivity contribution in [2.45, 2.75) is 20.8 Å². The Morgan fingerprint density at radius 3 is 2.53 bits per heavy atom. The van der Waals surface area contributed by atoms with Crippen LogP contribution in [0.1, 0.15) is 19.4 Å². The van der Waals surface area contributed by atoms with Gasteiger partial charge in [-0.2, -0.15) is 12.6 Å². The number of anilines is 1. The lowest BCUT2D eigenvalue weighted by atomic mass is 10.1. The Hall–Kier alpha value is -0.630. The molecule has 1 rings (SSSR count). The summed E-state index contributed by atoms with van der Waals surface area (Å²) in [5, 5.41) is 0. The van der Waals surface area contributed by atoms with Crippen molar-refractivity contribution in [3.8, 4) is 0 Å². The van der Waals surface area contributed by atoms with Gasteiger partial charge in [0.1, 0.15) is 0 Å². The monoisotopic (exact) mass is 223 g/mol. The van der Waals surface area contributed by atoms with Gasteiger partial charge in [-0.15, -0.1) is 0 Å². The molecule has 0 aliphatic carbocycles. The maximum Gasteiger partial charge on any atom is 0.0395 e. The normalized spacial score (nSPS) is 12.5. The molecule has 0 saturated carbocycles. The van der Waals surface area contributed by atoms with E-state index in [1.165, 1.54) is 11.3 Å². The standard InChI is InChI=1S/C13H21NS/c1-4-14(9-11(2)10-15)13-8-6-5-7-12(13)3/h5-8,11,15H,4,9-10H2,1-3H3. The highest BCUT2D eigenvalue weighted by atomic mass is 32.1. The number of hydrogen-bond acceptors (Lipinski definition) is 2. The largest absolute Gasteiger partial charge is 0.371 e. The highest BCUT2D eigenvalue weighted by Gasteiger charge is 2.09. The number of aryl methyl sites for hydroxylation is 1. The van der Waals surface area contributed by atoms with E-state index in [1.54, 1.807) is 0 Å². The van der Waals surface area contributed by atoms with Gasteiger partial charge in [0.2, 0.25) is 0 Å². The average Bonchev–Trinajstić information content (AvgIpc) is 2.26. The van der Waals surface area contributed by atoms with Gasteiger partial charge in [0.05, 0.1) is 0 Å². The first kappa shape index (κ1) is 12.4. The molecule has 1 aromatic carbocycles. The predicted molar refractivity (Wildman–Crippen MR) is 72.1 cm³/mol. The van der Waals surface area contributed by atoms with Gasteiger partial charge in [-0.1, -0.05) is 25.1 Å². The minimum atomic E-state index is 0.632. The Morgan fingerprint density at radius 1 is 1.33 bits per heavy atom. The fraction of sp³-hybridized carbons (Fsp3) is 0.538. The molecule has 0 radical (unpaired) electrons. The number of benzene rings is 1. The molecule has 1 aromatic rings. The number of thiol groups is 1. The van der Waals surface area contributed by atoms with Gasteiger partial charge in [-0.05, 0) is 37.1 Å². The summed E-state index contributed by atoms with van der Waals surface area (Å²) in [6.45, 7) is 8.77. The van der Waals surface area contributed by atoms with Crippen molar-refractivity contribution in [1.29, 1.82) is 0 Å². The van der Waals surface area contributed by atoms with Crippen LogP contribution < -0.4 is 4.90 Å². The molecule has 0 aliphatic rings. The number of nitrogens with zero attached hydrogens (tertiary/aromatic N) is 1. The second-order valence-electron chi connectivity index (χ2n) is 4.11. The van der Waals surface area contributed by atoms with E-state index in [0.29, 0.717) is 5.92 Å². The van der Waals surface area contributed by atoms with Gasteiger partial charge >= 0.3 is 0 Å². The molecule has 2 heteroatoms. The zero-order valence-corrected chi connectivity index (χ0v) is 10.8. The van der Waals surface area contributed by atoms with Crippen LogP contribution in [0.5, 0.6) is 0 Å². The van der Waals surface area contributed by atoms with Crippen molar-refractivity contribution >= 4 is 18.3 Å². The third-order valence-corrected chi connectivity index (χ3v) is 3.30. The van der Waals surface area contributed by atoms with Gasteiger partial charge in [0.15, 0.2) is 0 Å². The van der Waals surface area contributed by atoms with Crippen LogP contribution in [-0.2, 0) is 0 Å². The third-order valence-electron chi connectivity index (χ3n) is 2.68. The molecule has 0 amide bonds. The van der Waals surface area contributed by atoms with E-state index in [2.05, 4.69) is 62.6 Å². The summed E-state index contributed by atoms with van der Waals surface area (Å²) < 4.78 is 0. The summed E-state index contributed by atoms with van der Waals surface area (Å²) in [5.74, 6) is 1.58. The van der Waals surface area contributed by atoms with Crippen LogP contribution >= 0.6 is 12.6 Å². The van der Waals surface area contributed by atoms with Crippen molar-refractivity contribution in [3.63, 3.8) is 0 Å². The Morgan fingerprint density at radius 2 is 2.00 bits per heavy atom. The lowest BCUT2D eigenvalue weighted by molar-refractivity contribution is 0.628. The van der Waals surface area contributed by atoms with Gasteiger partial charge in [-0.3, -0.25) is 0 Å². The molecule has 15 heavy (non-hydrogen) atoms. The second kappa shape index (κ2) is 6.06. The lowest BCUT2D eigenvalue weighted by Gasteiger charge is -2.27. The summed E-state index contributed by atoms with van der Waals surface area (Å²) in [6.07, 6.45) is 0.